The topological polar surface area (TPSA) is 58.1 Å². The Morgan fingerprint density at radius 1 is 1.25 bits per heavy atom. The molecule has 2 heterocycles. The molecule has 0 bridgehead atoms. The van der Waals surface area contributed by atoms with E-state index in [0.717, 1.165) is 42.1 Å². The number of nitrogens with one attached hydrogen (secondary N) is 1. The molecule has 1 aromatic carbocycles. The van der Waals surface area contributed by atoms with Crippen molar-refractivity contribution in [3.63, 3.8) is 0 Å². The number of hydrogen-bond acceptors (Lipinski definition) is 4. The number of aryl methyl sites for hydroxylation is 1. The first-order chi connectivity index (χ1) is 11.5. The highest BCUT2D eigenvalue weighted by atomic mass is 35.5. The first kappa shape index (κ1) is 16.7. The first-order valence-electron chi connectivity index (χ1n) is 8.16. The number of hydrogen-bond donors (Lipinski definition) is 1. The van der Waals surface area contributed by atoms with E-state index in [9.17, 15) is 4.79 Å². The van der Waals surface area contributed by atoms with E-state index in [2.05, 4.69) is 20.4 Å². The highest BCUT2D eigenvalue weighted by Crippen LogP contribution is 2.26. The van der Waals surface area contributed by atoms with Crippen LogP contribution in [0.1, 0.15) is 24.1 Å². The minimum absolute atomic E-state index is 0.0325. The van der Waals surface area contributed by atoms with Crippen molar-refractivity contribution in [3.05, 3.63) is 46.6 Å². The summed E-state index contributed by atoms with van der Waals surface area (Å²) in [4.78, 5) is 14.8. The van der Waals surface area contributed by atoms with Crippen LogP contribution in [0.15, 0.2) is 30.3 Å². The Bertz CT molecular complexity index is 732. The molecule has 1 aromatic heterocycles. The fraction of sp³-hybridized carbons (Fsp3) is 0.389. The second kappa shape index (κ2) is 7.18. The van der Waals surface area contributed by atoms with Crippen LogP contribution >= 0.6 is 11.6 Å². The molecule has 3 rings (SSSR count). The molecule has 2 aromatic rings. The number of carbonyl (C=O) groups excluding carboxylic acids is 1. The van der Waals surface area contributed by atoms with Gasteiger partial charge in [-0.1, -0.05) is 17.7 Å². The maximum Gasteiger partial charge on any atom is 0.229 e. The molecule has 0 aliphatic carbocycles. The van der Waals surface area contributed by atoms with Crippen molar-refractivity contribution in [2.75, 3.05) is 23.3 Å². The Labute approximate surface area is 147 Å². The Morgan fingerprint density at radius 2 is 2.08 bits per heavy atom. The number of halogens is 1. The average Bonchev–Trinajstić information content (AvgIpc) is 2.60. The van der Waals surface area contributed by atoms with Gasteiger partial charge in [-0.2, -0.15) is 5.10 Å². The van der Waals surface area contributed by atoms with Crippen LogP contribution in [0.25, 0.3) is 0 Å². The van der Waals surface area contributed by atoms with E-state index in [4.69, 9.17) is 11.6 Å². The smallest absolute Gasteiger partial charge is 0.229 e. The Hall–Kier alpha value is -2.14. The summed E-state index contributed by atoms with van der Waals surface area (Å²) in [6, 6.07) is 9.46. The molecule has 1 fully saturated rings. The summed E-state index contributed by atoms with van der Waals surface area (Å²) in [5.41, 5.74) is 2.56. The van der Waals surface area contributed by atoms with Crippen molar-refractivity contribution in [1.82, 2.24) is 10.2 Å². The SMILES string of the molecule is Cc1ccc(N2CCCC(C(=O)Nc3cccc(Cl)c3C)C2)nn1. The van der Waals surface area contributed by atoms with E-state index in [0.29, 0.717) is 11.6 Å². The van der Waals surface area contributed by atoms with Crippen LogP contribution in [0.5, 0.6) is 0 Å². The molecule has 1 N–H and O–H groups in total. The van der Waals surface area contributed by atoms with E-state index < -0.39 is 0 Å². The molecule has 1 atom stereocenters. The van der Waals surface area contributed by atoms with Crippen LogP contribution in [0.3, 0.4) is 0 Å². The molecule has 5 nitrogen and oxygen atoms in total. The number of benzene rings is 1. The lowest BCUT2D eigenvalue weighted by Gasteiger charge is -2.32. The van der Waals surface area contributed by atoms with E-state index in [1.807, 2.05) is 44.2 Å². The lowest BCUT2D eigenvalue weighted by molar-refractivity contribution is -0.120. The molecule has 1 unspecified atom stereocenters. The molecule has 24 heavy (non-hydrogen) atoms. The van der Waals surface area contributed by atoms with Crippen molar-refractivity contribution in [2.24, 2.45) is 5.92 Å². The monoisotopic (exact) mass is 344 g/mol. The summed E-state index contributed by atoms with van der Waals surface area (Å²) in [5.74, 6) is 0.794. The zero-order chi connectivity index (χ0) is 17.1. The molecule has 0 radical (unpaired) electrons. The summed E-state index contributed by atoms with van der Waals surface area (Å²) in [6.45, 7) is 5.38. The van der Waals surface area contributed by atoms with Crippen LogP contribution in [-0.2, 0) is 4.79 Å². The number of piperidine rings is 1. The van der Waals surface area contributed by atoms with Crippen molar-refractivity contribution in [1.29, 1.82) is 0 Å². The third-order valence-corrected chi connectivity index (χ3v) is 4.83. The van der Waals surface area contributed by atoms with Gasteiger partial charge in [0, 0.05) is 23.8 Å². The predicted molar refractivity (Wildman–Crippen MR) is 96.5 cm³/mol. The zero-order valence-corrected chi connectivity index (χ0v) is 14.7. The molecular weight excluding hydrogens is 324 g/mol. The van der Waals surface area contributed by atoms with Gasteiger partial charge in [-0.05, 0) is 56.5 Å². The number of rotatable bonds is 3. The average molecular weight is 345 g/mol. The molecule has 126 valence electrons. The van der Waals surface area contributed by atoms with E-state index >= 15 is 0 Å². The Morgan fingerprint density at radius 3 is 2.83 bits per heavy atom. The molecule has 1 amide bonds. The molecule has 1 saturated heterocycles. The van der Waals surface area contributed by atoms with Gasteiger partial charge >= 0.3 is 0 Å². The Kier molecular flexibility index (Phi) is 5.00. The second-order valence-electron chi connectivity index (χ2n) is 6.22. The van der Waals surface area contributed by atoms with Gasteiger partial charge in [-0.3, -0.25) is 4.79 Å². The zero-order valence-electron chi connectivity index (χ0n) is 13.9. The molecule has 0 saturated carbocycles. The van der Waals surface area contributed by atoms with Gasteiger partial charge < -0.3 is 10.2 Å². The summed E-state index contributed by atoms with van der Waals surface area (Å²) in [5, 5.41) is 12.0. The maximum atomic E-state index is 12.6. The molecular formula is C18H21ClN4O. The third-order valence-electron chi connectivity index (χ3n) is 4.43. The van der Waals surface area contributed by atoms with Crippen LogP contribution in [-0.4, -0.2) is 29.2 Å². The van der Waals surface area contributed by atoms with Gasteiger partial charge in [-0.25, -0.2) is 0 Å². The summed E-state index contributed by atoms with van der Waals surface area (Å²) in [7, 11) is 0. The van der Waals surface area contributed by atoms with Gasteiger partial charge in [0.05, 0.1) is 11.6 Å². The number of anilines is 2. The quantitative estimate of drug-likeness (QED) is 0.924. The fourth-order valence-electron chi connectivity index (χ4n) is 2.94. The van der Waals surface area contributed by atoms with E-state index in [1.165, 1.54) is 0 Å². The normalized spacial score (nSPS) is 17.6. The summed E-state index contributed by atoms with van der Waals surface area (Å²) < 4.78 is 0. The Balaban J connectivity index is 1.69. The second-order valence-corrected chi connectivity index (χ2v) is 6.63. The van der Waals surface area contributed by atoms with Gasteiger partial charge in [0.1, 0.15) is 0 Å². The van der Waals surface area contributed by atoms with Gasteiger partial charge in [-0.15, -0.1) is 5.10 Å². The van der Waals surface area contributed by atoms with Crippen LogP contribution in [0, 0.1) is 19.8 Å². The number of carbonyl (C=O) groups is 1. The highest BCUT2D eigenvalue weighted by Gasteiger charge is 2.27. The third kappa shape index (κ3) is 3.67. The minimum atomic E-state index is -0.0692. The molecule has 1 aliphatic heterocycles. The number of aromatic nitrogens is 2. The van der Waals surface area contributed by atoms with Crippen molar-refractivity contribution in [3.8, 4) is 0 Å². The lowest BCUT2D eigenvalue weighted by atomic mass is 9.97. The highest BCUT2D eigenvalue weighted by molar-refractivity contribution is 6.31. The standard InChI is InChI=1S/C18H21ClN4O/c1-12-8-9-17(22-21-12)23-10-4-5-14(11-23)18(24)20-16-7-3-6-15(19)13(16)2/h3,6-9,14H,4-5,10-11H2,1-2H3,(H,20,24). The summed E-state index contributed by atoms with van der Waals surface area (Å²) >= 11 is 6.12. The lowest BCUT2D eigenvalue weighted by Crippen LogP contribution is -2.41. The predicted octanol–water partition coefficient (Wildman–Crippen LogP) is 3.60. The van der Waals surface area contributed by atoms with E-state index in [-0.39, 0.29) is 11.8 Å². The maximum absolute atomic E-state index is 12.6. The molecule has 6 heteroatoms. The van der Waals surface area contributed by atoms with Crippen LogP contribution in [0.2, 0.25) is 5.02 Å². The van der Waals surface area contributed by atoms with Gasteiger partial charge in [0.25, 0.3) is 0 Å². The van der Waals surface area contributed by atoms with Crippen molar-refractivity contribution >= 4 is 29.0 Å². The fourth-order valence-corrected chi connectivity index (χ4v) is 3.11. The van der Waals surface area contributed by atoms with Gasteiger partial charge in [0.2, 0.25) is 5.91 Å². The number of amides is 1. The number of nitrogens with zero attached hydrogens (tertiary/aromatic N) is 3. The minimum Gasteiger partial charge on any atom is -0.354 e. The molecule has 1 aliphatic rings. The van der Waals surface area contributed by atoms with Crippen molar-refractivity contribution in [2.45, 2.75) is 26.7 Å². The summed E-state index contributed by atoms with van der Waals surface area (Å²) in [6.07, 6.45) is 1.84. The molecule has 0 spiro atoms. The van der Waals surface area contributed by atoms with E-state index in [1.54, 1.807) is 0 Å². The van der Waals surface area contributed by atoms with Crippen LogP contribution in [0.4, 0.5) is 11.5 Å². The van der Waals surface area contributed by atoms with Crippen molar-refractivity contribution < 1.29 is 4.79 Å². The largest absolute Gasteiger partial charge is 0.354 e. The van der Waals surface area contributed by atoms with Gasteiger partial charge in [0.15, 0.2) is 5.82 Å². The van der Waals surface area contributed by atoms with Crippen LogP contribution < -0.4 is 10.2 Å². The first-order valence-corrected chi connectivity index (χ1v) is 8.53.